The summed E-state index contributed by atoms with van der Waals surface area (Å²) in [5.41, 5.74) is 0. The Labute approximate surface area is 173 Å². The maximum Gasteiger partial charge on any atom is 0.283 e. The summed E-state index contributed by atoms with van der Waals surface area (Å²) in [5, 5.41) is 2.64. The first-order valence-electron chi connectivity index (χ1n) is 9.73. The fourth-order valence-corrected chi connectivity index (χ4v) is 6.83. The molecule has 1 unspecified atom stereocenters. The summed E-state index contributed by atoms with van der Waals surface area (Å²) in [6, 6.07) is 21.4. The third-order valence-electron chi connectivity index (χ3n) is 4.94. The molecule has 3 heteroatoms. The molecule has 1 fully saturated rings. The number of hydrogen-bond acceptors (Lipinski definition) is 1. The standard InChI is InChI=1S/C23H28IOSi/c1-19(17-21(24)18-20-11-5-2-6-12-20)25-26(22-13-7-3-8-14-22)23-15-9-4-10-16-23/h3-4,7-10,13-16,18-20H,2,5-6,11-12,17H2,1H3/b21-18-. The van der Waals surface area contributed by atoms with Crippen molar-refractivity contribution in [2.75, 3.05) is 0 Å². The van der Waals surface area contributed by atoms with Crippen LogP contribution < -0.4 is 10.4 Å². The Hall–Kier alpha value is -0.913. The molecule has 1 radical (unpaired) electrons. The lowest BCUT2D eigenvalue weighted by atomic mass is 9.89. The predicted molar refractivity (Wildman–Crippen MR) is 122 cm³/mol. The SMILES string of the molecule is CC(C/C(I)=C/C1CCCCC1)O[Si](c1ccccc1)c1ccccc1. The third kappa shape index (κ3) is 6.07. The molecule has 1 nitrogen and oxygen atoms in total. The minimum Gasteiger partial charge on any atom is -0.404 e. The Kier molecular flexibility index (Phi) is 7.96. The number of hydrogen-bond donors (Lipinski definition) is 0. The third-order valence-corrected chi connectivity index (χ3v) is 8.09. The number of halogens is 1. The molecule has 1 aliphatic rings. The van der Waals surface area contributed by atoms with Crippen LogP contribution in [0.4, 0.5) is 0 Å². The van der Waals surface area contributed by atoms with E-state index in [0.29, 0.717) is 0 Å². The average Bonchev–Trinajstić information content (AvgIpc) is 2.68. The van der Waals surface area contributed by atoms with Crippen LogP contribution in [-0.2, 0) is 4.43 Å². The van der Waals surface area contributed by atoms with Crippen LogP contribution in [0.5, 0.6) is 0 Å². The molecule has 0 aromatic heterocycles. The first-order valence-corrected chi connectivity index (χ1v) is 12.2. The quantitative estimate of drug-likeness (QED) is 0.380. The molecule has 2 aromatic rings. The van der Waals surface area contributed by atoms with E-state index < -0.39 is 9.04 Å². The average molecular weight is 475 g/mol. The molecule has 0 N–H and O–H groups in total. The maximum atomic E-state index is 6.64. The van der Waals surface area contributed by atoms with Gasteiger partial charge in [-0.25, -0.2) is 0 Å². The van der Waals surface area contributed by atoms with E-state index in [-0.39, 0.29) is 6.10 Å². The van der Waals surface area contributed by atoms with Crippen LogP contribution >= 0.6 is 22.6 Å². The van der Waals surface area contributed by atoms with Crippen LogP contribution in [0.1, 0.15) is 45.4 Å². The van der Waals surface area contributed by atoms with Gasteiger partial charge in [-0.2, -0.15) is 0 Å². The van der Waals surface area contributed by atoms with Crippen molar-refractivity contribution in [3.05, 3.63) is 70.3 Å². The highest BCUT2D eigenvalue weighted by Crippen LogP contribution is 2.28. The minimum atomic E-state index is -1.21. The van der Waals surface area contributed by atoms with Crippen LogP contribution in [0.3, 0.4) is 0 Å². The van der Waals surface area contributed by atoms with E-state index >= 15 is 0 Å². The van der Waals surface area contributed by atoms with E-state index in [1.807, 2.05) is 0 Å². The molecule has 1 saturated carbocycles. The molecule has 3 rings (SSSR count). The molecule has 0 aliphatic heterocycles. The highest BCUT2D eigenvalue weighted by molar-refractivity contribution is 14.1. The van der Waals surface area contributed by atoms with Gasteiger partial charge in [0.1, 0.15) is 0 Å². The molecule has 0 amide bonds. The normalized spacial score (nSPS) is 17.4. The molecular formula is C23H28IOSi. The molecule has 2 aromatic carbocycles. The maximum absolute atomic E-state index is 6.64. The van der Waals surface area contributed by atoms with Crippen molar-refractivity contribution in [2.45, 2.75) is 51.6 Å². The van der Waals surface area contributed by atoms with Crippen LogP contribution in [0.25, 0.3) is 0 Å². The van der Waals surface area contributed by atoms with E-state index in [2.05, 4.69) is 96.3 Å². The van der Waals surface area contributed by atoms with E-state index in [1.54, 1.807) is 0 Å². The van der Waals surface area contributed by atoms with Crippen molar-refractivity contribution < 1.29 is 4.43 Å². The van der Waals surface area contributed by atoms with Crippen molar-refractivity contribution in [1.82, 2.24) is 0 Å². The zero-order valence-electron chi connectivity index (χ0n) is 15.5. The molecular weight excluding hydrogens is 447 g/mol. The largest absolute Gasteiger partial charge is 0.404 e. The summed E-state index contributed by atoms with van der Waals surface area (Å²) in [4.78, 5) is 0. The Morgan fingerprint density at radius 3 is 2.08 bits per heavy atom. The second-order valence-corrected chi connectivity index (χ2v) is 10.6. The summed E-state index contributed by atoms with van der Waals surface area (Å²) in [7, 11) is -1.21. The lowest BCUT2D eigenvalue weighted by Crippen LogP contribution is -2.46. The van der Waals surface area contributed by atoms with Crippen molar-refractivity contribution in [2.24, 2.45) is 5.92 Å². The van der Waals surface area contributed by atoms with E-state index in [0.717, 1.165) is 12.3 Å². The smallest absolute Gasteiger partial charge is 0.283 e. The van der Waals surface area contributed by atoms with Gasteiger partial charge in [0.05, 0.1) is 0 Å². The Balaban J connectivity index is 1.67. The highest BCUT2D eigenvalue weighted by atomic mass is 127. The molecule has 1 aliphatic carbocycles. The van der Waals surface area contributed by atoms with Gasteiger partial charge < -0.3 is 4.43 Å². The van der Waals surface area contributed by atoms with Crippen LogP contribution in [0, 0.1) is 5.92 Å². The predicted octanol–water partition coefficient (Wildman–Crippen LogP) is 5.49. The van der Waals surface area contributed by atoms with Crippen molar-refractivity contribution in [3.63, 3.8) is 0 Å². The summed E-state index contributed by atoms with van der Waals surface area (Å²) in [5.74, 6) is 0.788. The minimum absolute atomic E-state index is 0.232. The van der Waals surface area contributed by atoms with Gasteiger partial charge in [-0.3, -0.25) is 0 Å². The molecule has 137 valence electrons. The second kappa shape index (κ2) is 10.4. The lowest BCUT2D eigenvalue weighted by molar-refractivity contribution is 0.234. The van der Waals surface area contributed by atoms with Gasteiger partial charge in [0.25, 0.3) is 9.04 Å². The summed E-state index contributed by atoms with van der Waals surface area (Å²) < 4.78 is 8.10. The van der Waals surface area contributed by atoms with Gasteiger partial charge in [-0.1, -0.05) is 86.0 Å². The van der Waals surface area contributed by atoms with Gasteiger partial charge in [-0.05, 0) is 62.2 Å². The number of allylic oxidation sites excluding steroid dienone is 1. The second-order valence-electron chi connectivity index (χ2n) is 7.21. The first-order chi connectivity index (χ1) is 12.7. The van der Waals surface area contributed by atoms with Gasteiger partial charge in [0.15, 0.2) is 0 Å². The zero-order valence-corrected chi connectivity index (χ0v) is 18.7. The molecule has 26 heavy (non-hydrogen) atoms. The Morgan fingerprint density at radius 2 is 1.54 bits per heavy atom. The van der Waals surface area contributed by atoms with Crippen LogP contribution in [-0.4, -0.2) is 15.1 Å². The van der Waals surface area contributed by atoms with E-state index in [4.69, 9.17) is 4.43 Å². The van der Waals surface area contributed by atoms with Crippen molar-refractivity contribution >= 4 is 42.0 Å². The Bertz CT molecular complexity index is 640. The first kappa shape index (κ1) is 19.8. The van der Waals surface area contributed by atoms with E-state index in [9.17, 15) is 0 Å². The van der Waals surface area contributed by atoms with Gasteiger partial charge in [0, 0.05) is 12.5 Å². The number of benzene rings is 2. The fraction of sp³-hybridized carbons (Fsp3) is 0.391. The van der Waals surface area contributed by atoms with Crippen molar-refractivity contribution in [1.29, 1.82) is 0 Å². The zero-order chi connectivity index (χ0) is 18.2. The Morgan fingerprint density at radius 1 is 1.00 bits per heavy atom. The molecule has 0 spiro atoms. The summed E-state index contributed by atoms with van der Waals surface area (Å²) >= 11 is 2.53. The summed E-state index contributed by atoms with van der Waals surface area (Å²) in [6.07, 6.45) is 10.7. The fourth-order valence-electron chi connectivity index (χ4n) is 3.62. The van der Waals surface area contributed by atoms with Crippen LogP contribution in [0.2, 0.25) is 0 Å². The summed E-state index contributed by atoms with van der Waals surface area (Å²) in [6.45, 7) is 2.23. The molecule has 1 atom stereocenters. The molecule has 0 bridgehead atoms. The van der Waals surface area contributed by atoms with Gasteiger partial charge in [0.2, 0.25) is 0 Å². The van der Waals surface area contributed by atoms with Gasteiger partial charge >= 0.3 is 0 Å². The lowest BCUT2D eigenvalue weighted by Gasteiger charge is -2.23. The van der Waals surface area contributed by atoms with E-state index in [1.165, 1.54) is 46.1 Å². The monoisotopic (exact) mass is 475 g/mol. The van der Waals surface area contributed by atoms with Crippen LogP contribution in [0.15, 0.2) is 70.3 Å². The highest BCUT2D eigenvalue weighted by Gasteiger charge is 2.22. The molecule has 0 heterocycles. The van der Waals surface area contributed by atoms with Crippen molar-refractivity contribution in [3.8, 4) is 0 Å². The molecule has 0 saturated heterocycles. The topological polar surface area (TPSA) is 9.23 Å². The number of rotatable bonds is 7. The van der Waals surface area contributed by atoms with Gasteiger partial charge in [-0.15, -0.1) is 0 Å².